The Hall–Kier alpha value is -1.84. The zero-order valence-electron chi connectivity index (χ0n) is 12.8. The maximum atomic E-state index is 5.86. The topological polar surface area (TPSA) is 64.9 Å². The second-order valence-electron chi connectivity index (χ2n) is 6.16. The Bertz CT molecular complexity index is 612. The Morgan fingerprint density at radius 1 is 1.24 bits per heavy atom. The zero-order chi connectivity index (χ0) is 14.8. The number of rotatable bonds is 3. The molecule has 112 valence electrons. The summed E-state index contributed by atoms with van der Waals surface area (Å²) in [4.78, 5) is 4.62. The smallest absolute Gasteiger partial charge is 0.258 e. The molecule has 0 amide bonds. The second-order valence-corrected chi connectivity index (χ2v) is 6.16. The SMILES string of the molecule is CCC1CCC(c2noc(-c3cc(N)ccc3C)n2)CC1. The lowest BCUT2D eigenvalue weighted by molar-refractivity contribution is 0.305. The van der Waals surface area contributed by atoms with Gasteiger partial charge in [-0.3, -0.25) is 0 Å². The minimum Gasteiger partial charge on any atom is -0.399 e. The van der Waals surface area contributed by atoms with Crippen molar-refractivity contribution in [2.75, 3.05) is 5.73 Å². The number of nitrogens with zero attached hydrogens (tertiary/aromatic N) is 2. The molecule has 0 bridgehead atoms. The molecule has 1 aromatic carbocycles. The third-order valence-corrected chi connectivity index (χ3v) is 4.72. The summed E-state index contributed by atoms with van der Waals surface area (Å²) >= 11 is 0. The van der Waals surface area contributed by atoms with Gasteiger partial charge < -0.3 is 10.3 Å². The summed E-state index contributed by atoms with van der Waals surface area (Å²) in [7, 11) is 0. The van der Waals surface area contributed by atoms with Gasteiger partial charge in [0.15, 0.2) is 5.82 Å². The van der Waals surface area contributed by atoms with Crippen LogP contribution in [0.4, 0.5) is 5.69 Å². The third kappa shape index (κ3) is 2.94. The number of anilines is 1. The maximum Gasteiger partial charge on any atom is 0.258 e. The van der Waals surface area contributed by atoms with Gasteiger partial charge in [-0.05, 0) is 56.2 Å². The van der Waals surface area contributed by atoms with E-state index in [-0.39, 0.29) is 0 Å². The summed E-state index contributed by atoms with van der Waals surface area (Å²) in [5, 5.41) is 4.21. The van der Waals surface area contributed by atoms with E-state index in [9.17, 15) is 0 Å². The fourth-order valence-electron chi connectivity index (χ4n) is 3.21. The highest BCUT2D eigenvalue weighted by molar-refractivity contribution is 5.63. The zero-order valence-corrected chi connectivity index (χ0v) is 12.8. The number of aromatic nitrogens is 2. The summed E-state index contributed by atoms with van der Waals surface area (Å²) < 4.78 is 5.48. The van der Waals surface area contributed by atoms with Gasteiger partial charge in [0, 0.05) is 17.2 Å². The van der Waals surface area contributed by atoms with Crippen LogP contribution in [-0.4, -0.2) is 10.1 Å². The van der Waals surface area contributed by atoms with Gasteiger partial charge in [-0.2, -0.15) is 4.98 Å². The van der Waals surface area contributed by atoms with Gasteiger partial charge in [0.25, 0.3) is 5.89 Å². The lowest BCUT2D eigenvalue weighted by Gasteiger charge is -2.25. The van der Waals surface area contributed by atoms with Crippen LogP contribution in [0.1, 0.15) is 56.3 Å². The molecule has 0 spiro atoms. The van der Waals surface area contributed by atoms with Crippen molar-refractivity contribution in [1.82, 2.24) is 10.1 Å². The van der Waals surface area contributed by atoms with E-state index in [0.717, 1.165) is 28.6 Å². The highest BCUT2D eigenvalue weighted by atomic mass is 16.5. The van der Waals surface area contributed by atoms with E-state index in [2.05, 4.69) is 17.1 Å². The lowest BCUT2D eigenvalue weighted by Crippen LogP contribution is -2.13. The van der Waals surface area contributed by atoms with Crippen molar-refractivity contribution >= 4 is 5.69 Å². The second kappa shape index (κ2) is 5.88. The largest absolute Gasteiger partial charge is 0.399 e. The minimum absolute atomic E-state index is 0.451. The van der Waals surface area contributed by atoms with E-state index in [1.165, 1.54) is 32.1 Å². The van der Waals surface area contributed by atoms with Crippen molar-refractivity contribution < 1.29 is 4.52 Å². The van der Waals surface area contributed by atoms with Gasteiger partial charge in [-0.1, -0.05) is 24.6 Å². The van der Waals surface area contributed by atoms with Crippen molar-refractivity contribution in [2.45, 2.75) is 51.9 Å². The standard InChI is InChI=1S/C17H23N3O/c1-3-12-5-7-13(8-6-12)16-19-17(21-20-16)15-10-14(18)9-4-11(15)2/h4,9-10,12-13H,3,5-8,18H2,1-2H3. The van der Waals surface area contributed by atoms with Crippen LogP contribution in [0.2, 0.25) is 0 Å². The van der Waals surface area contributed by atoms with Gasteiger partial charge in [0.05, 0.1) is 0 Å². The van der Waals surface area contributed by atoms with Gasteiger partial charge in [-0.15, -0.1) is 0 Å². The van der Waals surface area contributed by atoms with Gasteiger partial charge in [0.1, 0.15) is 0 Å². The van der Waals surface area contributed by atoms with E-state index in [1.54, 1.807) is 0 Å². The quantitative estimate of drug-likeness (QED) is 0.853. The first-order valence-electron chi connectivity index (χ1n) is 7.87. The first kappa shape index (κ1) is 14.1. The Morgan fingerprint density at radius 3 is 2.71 bits per heavy atom. The van der Waals surface area contributed by atoms with Gasteiger partial charge >= 0.3 is 0 Å². The molecule has 3 rings (SSSR count). The molecule has 0 aliphatic heterocycles. The van der Waals surface area contributed by atoms with E-state index >= 15 is 0 Å². The van der Waals surface area contributed by atoms with Crippen molar-refractivity contribution in [2.24, 2.45) is 5.92 Å². The van der Waals surface area contributed by atoms with Crippen molar-refractivity contribution in [3.8, 4) is 11.5 Å². The molecule has 0 radical (unpaired) electrons. The molecule has 1 aliphatic rings. The number of benzene rings is 1. The molecule has 21 heavy (non-hydrogen) atoms. The van der Waals surface area contributed by atoms with Crippen LogP contribution in [0.25, 0.3) is 11.5 Å². The summed E-state index contributed by atoms with van der Waals surface area (Å²) in [6.07, 6.45) is 6.19. The molecule has 4 heteroatoms. The van der Waals surface area contributed by atoms with Crippen LogP contribution in [0.3, 0.4) is 0 Å². The average molecular weight is 285 g/mol. The molecule has 0 unspecified atom stereocenters. The highest BCUT2D eigenvalue weighted by Gasteiger charge is 2.25. The Kier molecular flexibility index (Phi) is 3.95. The molecule has 4 nitrogen and oxygen atoms in total. The Balaban J connectivity index is 1.79. The van der Waals surface area contributed by atoms with Crippen molar-refractivity contribution in [1.29, 1.82) is 0 Å². The van der Waals surface area contributed by atoms with E-state index in [1.807, 2.05) is 25.1 Å². The van der Waals surface area contributed by atoms with Crippen molar-refractivity contribution in [3.05, 3.63) is 29.6 Å². The summed E-state index contributed by atoms with van der Waals surface area (Å²) in [6, 6.07) is 5.78. The third-order valence-electron chi connectivity index (χ3n) is 4.72. The van der Waals surface area contributed by atoms with Gasteiger partial charge in [-0.25, -0.2) is 0 Å². The summed E-state index contributed by atoms with van der Waals surface area (Å²) in [6.45, 7) is 4.31. The molecular weight excluding hydrogens is 262 g/mol. The fraction of sp³-hybridized carbons (Fsp3) is 0.529. The maximum absolute atomic E-state index is 5.86. The molecule has 2 aromatic rings. The predicted octanol–water partition coefficient (Wildman–Crippen LogP) is 4.31. The number of aryl methyl sites for hydroxylation is 1. The number of hydrogen-bond acceptors (Lipinski definition) is 4. The van der Waals surface area contributed by atoms with Crippen LogP contribution in [-0.2, 0) is 0 Å². The Labute approximate surface area is 125 Å². The Morgan fingerprint density at radius 2 is 2.00 bits per heavy atom. The summed E-state index contributed by atoms with van der Waals surface area (Å²) in [5.74, 6) is 2.78. The van der Waals surface area contributed by atoms with Crippen LogP contribution in [0, 0.1) is 12.8 Å². The normalized spacial score (nSPS) is 22.4. The molecule has 0 saturated heterocycles. The molecule has 1 aliphatic carbocycles. The van der Waals surface area contributed by atoms with Crippen molar-refractivity contribution in [3.63, 3.8) is 0 Å². The fourth-order valence-corrected chi connectivity index (χ4v) is 3.21. The average Bonchev–Trinajstić information content (AvgIpc) is 2.99. The molecule has 1 fully saturated rings. The van der Waals surface area contributed by atoms with Crippen LogP contribution < -0.4 is 5.73 Å². The van der Waals surface area contributed by atoms with Crippen LogP contribution in [0.5, 0.6) is 0 Å². The molecular formula is C17H23N3O. The molecule has 2 N–H and O–H groups in total. The number of hydrogen-bond donors (Lipinski definition) is 1. The first-order valence-corrected chi connectivity index (χ1v) is 7.87. The molecule has 1 saturated carbocycles. The molecule has 1 heterocycles. The monoisotopic (exact) mass is 285 g/mol. The van der Waals surface area contributed by atoms with E-state index < -0.39 is 0 Å². The van der Waals surface area contributed by atoms with Crippen LogP contribution >= 0.6 is 0 Å². The lowest BCUT2D eigenvalue weighted by atomic mass is 9.80. The highest BCUT2D eigenvalue weighted by Crippen LogP contribution is 2.36. The first-order chi connectivity index (χ1) is 10.2. The minimum atomic E-state index is 0.451. The number of nitrogens with two attached hydrogens (primary N) is 1. The molecule has 0 atom stereocenters. The van der Waals surface area contributed by atoms with E-state index in [4.69, 9.17) is 10.3 Å². The van der Waals surface area contributed by atoms with E-state index in [0.29, 0.717) is 11.8 Å². The van der Waals surface area contributed by atoms with Gasteiger partial charge in [0.2, 0.25) is 0 Å². The predicted molar refractivity (Wildman–Crippen MR) is 83.9 cm³/mol. The summed E-state index contributed by atoms with van der Waals surface area (Å²) in [5.41, 5.74) is 8.62. The molecule has 1 aromatic heterocycles. The number of nitrogen functional groups attached to an aromatic ring is 1. The van der Waals surface area contributed by atoms with Crippen LogP contribution in [0.15, 0.2) is 22.7 Å².